The number of ether oxygens (including phenoxy) is 1. The molecular weight excluding hydrogens is 290 g/mol. The second kappa shape index (κ2) is 5.26. The van der Waals surface area contributed by atoms with Crippen LogP contribution < -0.4 is 5.32 Å². The number of benzene rings is 2. The molecule has 1 heterocycles. The predicted octanol–water partition coefficient (Wildman–Crippen LogP) is 3.06. The highest BCUT2D eigenvalue weighted by atomic mass is 32.2. The molecule has 0 bridgehead atoms. The standard InChI is InChI=1S/C15H11NO2S2/c17-13-15(18-14(19)16-13,11-7-3-1-4-8-11)20-12-9-5-2-6-10-12/h1-10H,(H,16,17,19). The Hall–Kier alpha value is -1.85. The summed E-state index contributed by atoms with van der Waals surface area (Å²) in [6, 6.07) is 19.0. The van der Waals surface area contributed by atoms with Crippen molar-refractivity contribution in [2.45, 2.75) is 9.83 Å². The van der Waals surface area contributed by atoms with E-state index in [2.05, 4.69) is 5.32 Å². The summed E-state index contributed by atoms with van der Waals surface area (Å²) in [6.07, 6.45) is 0. The number of hydrogen-bond acceptors (Lipinski definition) is 4. The van der Waals surface area contributed by atoms with Crippen LogP contribution >= 0.6 is 24.0 Å². The maximum atomic E-state index is 12.4. The first-order chi connectivity index (χ1) is 9.71. The molecule has 5 heteroatoms. The van der Waals surface area contributed by atoms with E-state index in [0.717, 1.165) is 10.5 Å². The smallest absolute Gasteiger partial charge is 0.287 e. The summed E-state index contributed by atoms with van der Waals surface area (Å²) < 4.78 is 5.68. The second-order valence-corrected chi connectivity index (χ2v) is 5.86. The van der Waals surface area contributed by atoms with E-state index in [9.17, 15) is 4.79 Å². The van der Waals surface area contributed by atoms with Crippen molar-refractivity contribution in [1.82, 2.24) is 5.32 Å². The minimum atomic E-state index is -1.15. The highest BCUT2D eigenvalue weighted by molar-refractivity contribution is 8.01. The van der Waals surface area contributed by atoms with Crippen LogP contribution in [0.25, 0.3) is 0 Å². The minimum Gasteiger partial charge on any atom is -0.438 e. The topological polar surface area (TPSA) is 38.3 Å². The van der Waals surface area contributed by atoms with Crippen LogP contribution in [0.1, 0.15) is 5.56 Å². The van der Waals surface area contributed by atoms with Crippen LogP contribution in [-0.2, 0) is 14.5 Å². The third kappa shape index (κ3) is 2.30. The molecule has 0 spiro atoms. The number of nitrogens with one attached hydrogen (secondary N) is 1. The number of thiocarbonyl (C=S) groups is 1. The van der Waals surface area contributed by atoms with Crippen molar-refractivity contribution < 1.29 is 9.53 Å². The van der Waals surface area contributed by atoms with Crippen LogP contribution in [0.4, 0.5) is 0 Å². The van der Waals surface area contributed by atoms with Gasteiger partial charge in [0.25, 0.3) is 16.0 Å². The van der Waals surface area contributed by atoms with Gasteiger partial charge in [0.05, 0.1) is 0 Å². The zero-order chi connectivity index (χ0) is 14.0. The average molecular weight is 301 g/mol. The van der Waals surface area contributed by atoms with Crippen molar-refractivity contribution in [3.8, 4) is 0 Å². The van der Waals surface area contributed by atoms with Gasteiger partial charge in [-0.15, -0.1) is 0 Å². The fourth-order valence-corrected chi connectivity index (χ4v) is 3.42. The zero-order valence-electron chi connectivity index (χ0n) is 10.4. The lowest BCUT2D eigenvalue weighted by molar-refractivity contribution is -0.125. The van der Waals surface area contributed by atoms with Crippen molar-refractivity contribution in [3.63, 3.8) is 0 Å². The van der Waals surface area contributed by atoms with Crippen molar-refractivity contribution >= 4 is 35.1 Å². The Bertz CT molecular complexity index is 645. The van der Waals surface area contributed by atoms with Gasteiger partial charge in [0.2, 0.25) is 0 Å². The van der Waals surface area contributed by atoms with Crippen LogP contribution in [0.3, 0.4) is 0 Å². The van der Waals surface area contributed by atoms with Gasteiger partial charge in [0.1, 0.15) is 0 Å². The fourth-order valence-electron chi connectivity index (χ4n) is 2.01. The maximum Gasteiger partial charge on any atom is 0.287 e. The van der Waals surface area contributed by atoms with Gasteiger partial charge < -0.3 is 4.74 Å². The summed E-state index contributed by atoms with van der Waals surface area (Å²) in [6.45, 7) is 0. The number of rotatable bonds is 3. The van der Waals surface area contributed by atoms with E-state index in [4.69, 9.17) is 17.0 Å². The molecule has 1 unspecified atom stereocenters. The van der Waals surface area contributed by atoms with Gasteiger partial charge in [0.15, 0.2) is 0 Å². The van der Waals surface area contributed by atoms with Gasteiger partial charge >= 0.3 is 0 Å². The minimum absolute atomic E-state index is 0.113. The highest BCUT2D eigenvalue weighted by Gasteiger charge is 2.50. The molecule has 0 aromatic heterocycles. The van der Waals surface area contributed by atoms with Gasteiger partial charge in [-0.2, -0.15) is 0 Å². The van der Waals surface area contributed by atoms with Gasteiger partial charge in [-0.1, -0.05) is 60.3 Å². The lowest BCUT2D eigenvalue weighted by atomic mass is 10.1. The predicted molar refractivity (Wildman–Crippen MR) is 82.2 cm³/mol. The molecule has 100 valence electrons. The van der Waals surface area contributed by atoms with E-state index in [-0.39, 0.29) is 11.1 Å². The van der Waals surface area contributed by atoms with E-state index < -0.39 is 4.93 Å². The molecule has 3 nitrogen and oxygen atoms in total. The lowest BCUT2D eigenvalue weighted by Crippen LogP contribution is -2.33. The summed E-state index contributed by atoms with van der Waals surface area (Å²) in [5, 5.41) is 2.69. The Kier molecular flexibility index (Phi) is 3.46. The summed E-state index contributed by atoms with van der Waals surface area (Å²) in [7, 11) is 0. The molecule has 1 saturated heterocycles. The van der Waals surface area contributed by atoms with E-state index in [1.54, 1.807) is 0 Å². The molecule has 1 aliphatic heterocycles. The highest BCUT2D eigenvalue weighted by Crippen LogP contribution is 2.45. The van der Waals surface area contributed by atoms with Crippen molar-refractivity contribution in [2.24, 2.45) is 0 Å². The van der Waals surface area contributed by atoms with Gasteiger partial charge in [-0.25, -0.2) is 0 Å². The molecule has 20 heavy (non-hydrogen) atoms. The second-order valence-electron chi connectivity index (χ2n) is 4.24. The van der Waals surface area contributed by atoms with E-state index in [1.165, 1.54) is 11.8 Å². The Morgan fingerprint density at radius 2 is 1.60 bits per heavy atom. The summed E-state index contributed by atoms with van der Waals surface area (Å²) in [5.74, 6) is -0.248. The Morgan fingerprint density at radius 3 is 2.15 bits per heavy atom. The fraction of sp³-hybridized carbons (Fsp3) is 0.0667. The molecule has 1 fully saturated rings. The van der Waals surface area contributed by atoms with Crippen molar-refractivity contribution in [1.29, 1.82) is 0 Å². The largest absolute Gasteiger partial charge is 0.438 e. The van der Waals surface area contributed by atoms with E-state index >= 15 is 0 Å². The molecule has 0 aliphatic carbocycles. The maximum absolute atomic E-state index is 12.4. The first-order valence-corrected chi connectivity index (χ1v) is 7.27. The summed E-state index contributed by atoms with van der Waals surface area (Å²) in [4.78, 5) is 12.2. The van der Waals surface area contributed by atoms with Crippen molar-refractivity contribution in [2.75, 3.05) is 0 Å². The number of carbonyl (C=O) groups is 1. The quantitative estimate of drug-likeness (QED) is 0.884. The number of carbonyl (C=O) groups excluding carboxylic acids is 1. The molecule has 1 aliphatic rings. The Labute approximate surface area is 126 Å². The Balaban J connectivity index is 2.05. The third-order valence-electron chi connectivity index (χ3n) is 2.91. The van der Waals surface area contributed by atoms with Gasteiger partial charge in [0, 0.05) is 10.5 Å². The lowest BCUT2D eigenvalue weighted by Gasteiger charge is -2.24. The summed E-state index contributed by atoms with van der Waals surface area (Å²) >= 11 is 6.34. The molecule has 1 N–H and O–H groups in total. The van der Waals surface area contributed by atoms with Crippen LogP contribution in [-0.4, -0.2) is 11.1 Å². The third-order valence-corrected chi connectivity index (χ3v) is 4.39. The molecule has 1 amide bonds. The number of hydrogen-bond donors (Lipinski definition) is 1. The first kappa shape index (κ1) is 13.1. The number of thioether (sulfide) groups is 1. The van der Waals surface area contributed by atoms with Crippen LogP contribution in [0.15, 0.2) is 65.6 Å². The SMILES string of the molecule is O=C1NC(=S)OC1(Sc1ccccc1)c1ccccc1. The van der Waals surface area contributed by atoms with Gasteiger partial charge in [-0.3, -0.25) is 10.1 Å². The monoisotopic (exact) mass is 301 g/mol. The van der Waals surface area contributed by atoms with Crippen LogP contribution in [0, 0.1) is 0 Å². The van der Waals surface area contributed by atoms with Gasteiger partial charge in [-0.05, 0) is 24.4 Å². The average Bonchev–Trinajstić information content (AvgIpc) is 2.76. The molecule has 2 aromatic rings. The van der Waals surface area contributed by atoms with E-state index in [1.807, 2.05) is 60.7 Å². The van der Waals surface area contributed by atoms with Crippen LogP contribution in [0.5, 0.6) is 0 Å². The van der Waals surface area contributed by atoms with E-state index in [0.29, 0.717) is 0 Å². The van der Waals surface area contributed by atoms with Crippen molar-refractivity contribution in [3.05, 3.63) is 66.2 Å². The molecular formula is C15H11NO2S2. The molecule has 0 radical (unpaired) electrons. The Morgan fingerprint density at radius 1 is 1.00 bits per heavy atom. The molecule has 3 rings (SSSR count). The summed E-state index contributed by atoms with van der Waals surface area (Å²) in [5.41, 5.74) is 0.770. The first-order valence-electron chi connectivity index (χ1n) is 6.05. The van der Waals surface area contributed by atoms with Crippen LogP contribution in [0.2, 0.25) is 0 Å². The molecule has 1 atom stereocenters. The molecule has 2 aromatic carbocycles. The number of amides is 1. The molecule has 0 saturated carbocycles. The normalized spacial score (nSPS) is 21.4. The zero-order valence-corrected chi connectivity index (χ0v) is 12.0.